The van der Waals surface area contributed by atoms with Crippen LogP contribution in [0.3, 0.4) is 0 Å². The minimum atomic E-state index is -3.78. The first-order valence-electron chi connectivity index (χ1n) is 8.61. The summed E-state index contributed by atoms with van der Waals surface area (Å²) in [5, 5.41) is 9.03. The summed E-state index contributed by atoms with van der Waals surface area (Å²) in [5.74, 6) is 0.314. The van der Waals surface area contributed by atoms with Gasteiger partial charge in [0.1, 0.15) is 17.2 Å². The number of furan rings is 1. The molecule has 3 aromatic heterocycles. The molecule has 28 heavy (non-hydrogen) atoms. The molecule has 0 radical (unpaired) electrons. The Hall–Kier alpha value is -2.43. The maximum atomic E-state index is 13.0. The monoisotopic (exact) mass is 422 g/mol. The van der Waals surface area contributed by atoms with Crippen molar-refractivity contribution in [2.24, 2.45) is 0 Å². The van der Waals surface area contributed by atoms with E-state index in [4.69, 9.17) is 4.42 Å². The van der Waals surface area contributed by atoms with Crippen LogP contribution < -0.4 is 5.32 Å². The molecule has 0 aliphatic rings. The van der Waals surface area contributed by atoms with Gasteiger partial charge in [0.15, 0.2) is 0 Å². The SMILES string of the molecule is Cc1nn(CC(=O)NCc2cccs2)c(C)c1S(=O)(=O)N(C)Cc1ccco1. The zero-order chi connectivity index (χ0) is 20.3. The van der Waals surface area contributed by atoms with Gasteiger partial charge in [-0.25, -0.2) is 8.42 Å². The molecule has 0 saturated heterocycles. The zero-order valence-electron chi connectivity index (χ0n) is 15.9. The van der Waals surface area contributed by atoms with E-state index in [0.717, 1.165) is 4.88 Å². The first-order valence-corrected chi connectivity index (χ1v) is 10.9. The quantitative estimate of drug-likeness (QED) is 0.601. The van der Waals surface area contributed by atoms with Crippen LogP contribution in [0.4, 0.5) is 0 Å². The van der Waals surface area contributed by atoms with Crippen molar-refractivity contribution >= 4 is 27.3 Å². The zero-order valence-corrected chi connectivity index (χ0v) is 17.5. The molecule has 0 spiro atoms. The highest BCUT2D eigenvalue weighted by Gasteiger charge is 2.29. The van der Waals surface area contributed by atoms with Crippen molar-refractivity contribution in [2.75, 3.05) is 7.05 Å². The highest BCUT2D eigenvalue weighted by molar-refractivity contribution is 7.89. The number of nitrogens with zero attached hydrogens (tertiary/aromatic N) is 3. The Bertz CT molecular complexity index is 1040. The number of hydrogen-bond donors (Lipinski definition) is 1. The molecule has 3 heterocycles. The molecule has 3 rings (SSSR count). The van der Waals surface area contributed by atoms with Gasteiger partial charge in [0.2, 0.25) is 15.9 Å². The number of hydrogen-bond acceptors (Lipinski definition) is 6. The van der Waals surface area contributed by atoms with Gasteiger partial charge in [0.25, 0.3) is 0 Å². The summed E-state index contributed by atoms with van der Waals surface area (Å²) in [6.07, 6.45) is 1.50. The topological polar surface area (TPSA) is 97.4 Å². The molecule has 3 aromatic rings. The lowest BCUT2D eigenvalue weighted by Gasteiger charge is -2.16. The number of rotatable bonds is 8. The normalized spacial score (nSPS) is 11.9. The highest BCUT2D eigenvalue weighted by atomic mass is 32.2. The van der Waals surface area contributed by atoms with E-state index in [0.29, 0.717) is 23.7 Å². The summed E-state index contributed by atoms with van der Waals surface area (Å²) in [6, 6.07) is 7.28. The molecule has 0 atom stereocenters. The van der Waals surface area contributed by atoms with E-state index in [1.807, 2.05) is 17.5 Å². The Balaban J connectivity index is 1.74. The molecular formula is C18H22N4O4S2. The minimum absolute atomic E-state index is 0.0462. The molecule has 1 amide bonds. The molecule has 0 unspecified atom stereocenters. The molecule has 0 fully saturated rings. The fourth-order valence-corrected chi connectivity index (χ4v) is 5.01. The predicted molar refractivity (Wildman–Crippen MR) is 105 cm³/mol. The van der Waals surface area contributed by atoms with Crippen molar-refractivity contribution in [1.82, 2.24) is 19.4 Å². The minimum Gasteiger partial charge on any atom is -0.468 e. The van der Waals surface area contributed by atoms with Crippen LogP contribution in [0.2, 0.25) is 0 Å². The molecule has 0 bridgehead atoms. The van der Waals surface area contributed by atoms with Crippen molar-refractivity contribution in [1.29, 1.82) is 0 Å². The average molecular weight is 423 g/mol. The summed E-state index contributed by atoms with van der Waals surface area (Å²) in [7, 11) is -2.29. The molecule has 150 valence electrons. The van der Waals surface area contributed by atoms with Gasteiger partial charge in [-0.2, -0.15) is 9.40 Å². The van der Waals surface area contributed by atoms with E-state index in [1.165, 1.54) is 22.3 Å². The van der Waals surface area contributed by atoms with Crippen molar-refractivity contribution in [3.63, 3.8) is 0 Å². The second-order valence-electron chi connectivity index (χ2n) is 6.35. The largest absolute Gasteiger partial charge is 0.468 e. The maximum Gasteiger partial charge on any atom is 0.246 e. The van der Waals surface area contributed by atoms with Crippen LogP contribution in [0, 0.1) is 13.8 Å². The van der Waals surface area contributed by atoms with Crippen LogP contribution in [0.25, 0.3) is 0 Å². The van der Waals surface area contributed by atoms with Gasteiger partial charge in [-0.15, -0.1) is 11.3 Å². The van der Waals surface area contributed by atoms with E-state index < -0.39 is 10.0 Å². The molecular weight excluding hydrogens is 400 g/mol. The molecule has 1 N–H and O–H groups in total. The predicted octanol–water partition coefficient (Wildman–Crippen LogP) is 2.29. The van der Waals surface area contributed by atoms with E-state index in [9.17, 15) is 13.2 Å². The van der Waals surface area contributed by atoms with Crippen LogP contribution in [0.1, 0.15) is 22.0 Å². The Morgan fingerprint density at radius 1 is 1.32 bits per heavy atom. The van der Waals surface area contributed by atoms with Gasteiger partial charge in [-0.1, -0.05) is 6.07 Å². The molecule has 0 aromatic carbocycles. The van der Waals surface area contributed by atoms with Crippen molar-refractivity contribution in [2.45, 2.75) is 38.4 Å². The summed E-state index contributed by atoms with van der Waals surface area (Å²) in [4.78, 5) is 13.4. The molecule has 10 heteroatoms. The molecule has 0 aliphatic carbocycles. The van der Waals surface area contributed by atoms with Gasteiger partial charge < -0.3 is 9.73 Å². The lowest BCUT2D eigenvalue weighted by molar-refractivity contribution is -0.122. The van der Waals surface area contributed by atoms with Gasteiger partial charge in [-0.05, 0) is 37.4 Å². The number of nitrogens with one attached hydrogen (secondary N) is 1. The smallest absolute Gasteiger partial charge is 0.246 e. The van der Waals surface area contributed by atoms with Crippen LogP contribution in [0.15, 0.2) is 45.2 Å². The van der Waals surface area contributed by atoms with Gasteiger partial charge in [-0.3, -0.25) is 9.48 Å². The van der Waals surface area contributed by atoms with Crippen LogP contribution in [0.5, 0.6) is 0 Å². The third-order valence-corrected chi connectivity index (χ3v) is 7.21. The fourth-order valence-electron chi connectivity index (χ4n) is 2.86. The Morgan fingerprint density at radius 2 is 2.11 bits per heavy atom. The number of amides is 1. The molecule has 8 nitrogen and oxygen atoms in total. The number of carbonyl (C=O) groups excluding carboxylic acids is 1. The Labute approximate surface area is 167 Å². The standard InChI is InChI=1S/C18H22N4O4S2/c1-13-18(28(24,25)21(3)11-15-6-4-8-26-15)14(2)22(20-13)12-17(23)19-10-16-7-5-9-27-16/h4-9H,10-12H2,1-3H3,(H,19,23). The first kappa shape index (κ1) is 20.3. The lowest BCUT2D eigenvalue weighted by Crippen LogP contribution is -2.28. The third-order valence-electron chi connectivity index (χ3n) is 4.28. The molecule has 0 saturated carbocycles. The van der Waals surface area contributed by atoms with E-state index in [1.54, 1.807) is 37.3 Å². The number of carbonyl (C=O) groups is 1. The van der Waals surface area contributed by atoms with E-state index in [2.05, 4.69) is 10.4 Å². The van der Waals surface area contributed by atoms with Crippen molar-refractivity contribution < 1.29 is 17.6 Å². The Kier molecular flexibility index (Phi) is 6.01. The van der Waals surface area contributed by atoms with E-state index in [-0.39, 0.29) is 23.9 Å². The van der Waals surface area contributed by atoms with Crippen LogP contribution in [-0.4, -0.2) is 35.5 Å². The van der Waals surface area contributed by atoms with Gasteiger partial charge in [0, 0.05) is 11.9 Å². The Morgan fingerprint density at radius 3 is 2.75 bits per heavy atom. The average Bonchev–Trinajstić information content (AvgIpc) is 3.36. The van der Waals surface area contributed by atoms with Crippen molar-refractivity contribution in [3.05, 3.63) is 57.9 Å². The van der Waals surface area contributed by atoms with Crippen LogP contribution >= 0.6 is 11.3 Å². The fraction of sp³-hybridized carbons (Fsp3) is 0.333. The summed E-state index contributed by atoms with van der Waals surface area (Å²) < 4.78 is 33.9. The summed E-state index contributed by atoms with van der Waals surface area (Å²) in [6.45, 7) is 3.78. The number of thiophene rings is 1. The summed E-state index contributed by atoms with van der Waals surface area (Å²) >= 11 is 1.56. The highest BCUT2D eigenvalue weighted by Crippen LogP contribution is 2.24. The lowest BCUT2D eigenvalue weighted by atomic mass is 10.4. The number of sulfonamides is 1. The molecule has 0 aliphatic heterocycles. The van der Waals surface area contributed by atoms with Gasteiger partial charge in [0.05, 0.1) is 30.7 Å². The second kappa shape index (κ2) is 8.29. The maximum absolute atomic E-state index is 13.0. The van der Waals surface area contributed by atoms with Gasteiger partial charge >= 0.3 is 0 Å². The van der Waals surface area contributed by atoms with E-state index >= 15 is 0 Å². The first-order chi connectivity index (χ1) is 13.3. The second-order valence-corrected chi connectivity index (χ2v) is 9.37. The van der Waals surface area contributed by atoms with Crippen molar-refractivity contribution in [3.8, 4) is 0 Å². The number of aromatic nitrogens is 2. The number of aryl methyl sites for hydroxylation is 1. The van der Waals surface area contributed by atoms with Crippen LogP contribution in [-0.2, 0) is 34.5 Å². The summed E-state index contributed by atoms with van der Waals surface area (Å²) in [5.41, 5.74) is 0.782. The third kappa shape index (κ3) is 4.34.